The molecular formula is C24H31N3O4S. The number of hydrogen-bond acceptors (Lipinski definition) is 5. The van der Waals surface area contributed by atoms with Crippen LogP contribution in [-0.2, 0) is 10.0 Å². The van der Waals surface area contributed by atoms with Crippen LogP contribution in [0, 0.1) is 0 Å². The smallest absolute Gasteiger partial charge is 0.251 e. The molecule has 2 aromatic carbocycles. The molecule has 2 aromatic rings. The molecule has 0 bridgehead atoms. The third-order valence-electron chi connectivity index (χ3n) is 5.61. The Balaban J connectivity index is 1.74. The fourth-order valence-electron chi connectivity index (χ4n) is 3.86. The second-order valence-electron chi connectivity index (χ2n) is 7.76. The fraction of sp³-hybridized carbons (Fsp3) is 0.375. The second-order valence-corrected chi connectivity index (χ2v) is 9.53. The van der Waals surface area contributed by atoms with Gasteiger partial charge in [-0.15, -0.1) is 6.58 Å². The molecule has 1 saturated heterocycles. The van der Waals surface area contributed by atoms with Crippen molar-refractivity contribution in [1.82, 2.24) is 14.9 Å². The lowest BCUT2D eigenvalue weighted by molar-refractivity contribution is 0.0924. The Kier molecular flexibility index (Phi) is 8.44. The van der Waals surface area contributed by atoms with Crippen LogP contribution in [0.25, 0.3) is 0 Å². The van der Waals surface area contributed by atoms with E-state index in [2.05, 4.69) is 21.5 Å². The number of hydrogen-bond donors (Lipinski definition) is 2. The summed E-state index contributed by atoms with van der Waals surface area (Å²) in [6, 6.07) is 14.0. The highest BCUT2D eigenvalue weighted by molar-refractivity contribution is 7.89. The van der Waals surface area contributed by atoms with Crippen molar-refractivity contribution in [1.29, 1.82) is 0 Å². The molecule has 172 valence electrons. The molecule has 1 aliphatic heterocycles. The van der Waals surface area contributed by atoms with Crippen LogP contribution in [0.2, 0.25) is 0 Å². The predicted octanol–water partition coefficient (Wildman–Crippen LogP) is 3.12. The average molecular weight is 458 g/mol. The van der Waals surface area contributed by atoms with Gasteiger partial charge in [0.25, 0.3) is 5.91 Å². The molecule has 7 nitrogen and oxygen atoms in total. The van der Waals surface area contributed by atoms with E-state index < -0.39 is 10.0 Å². The molecule has 3 rings (SSSR count). The quantitative estimate of drug-likeness (QED) is 0.535. The van der Waals surface area contributed by atoms with Gasteiger partial charge in [-0.25, -0.2) is 13.1 Å². The lowest BCUT2D eigenvalue weighted by atomic mass is 10.0. The van der Waals surface area contributed by atoms with E-state index in [1.165, 1.54) is 24.6 Å². The highest BCUT2D eigenvalue weighted by Crippen LogP contribution is 2.26. The van der Waals surface area contributed by atoms with Crippen LogP contribution in [0.15, 0.2) is 66.1 Å². The van der Waals surface area contributed by atoms with E-state index >= 15 is 0 Å². The van der Waals surface area contributed by atoms with Crippen molar-refractivity contribution in [3.05, 3.63) is 72.3 Å². The molecule has 32 heavy (non-hydrogen) atoms. The summed E-state index contributed by atoms with van der Waals surface area (Å²) in [5.41, 5.74) is 1.41. The highest BCUT2D eigenvalue weighted by Gasteiger charge is 2.23. The Morgan fingerprint density at radius 1 is 1.16 bits per heavy atom. The summed E-state index contributed by atoms with van der Waals surface area (Å²) in [6.07, 6.45) is 4.96. The van der Waals surface area contributed by atoms with Gasteiger partial charge >= 0.3 is 0 Å². The van der Waals surface area contributed by atoms with Crippen LogP contribution in [0.4, 0.5) is 0 Å². The summed E-state index contributed by atoms with van der Waals surface area (Å²) in [5.74, 6) is 0.486. The first-order valence-corrected chi connectivity index (χ1v) is 12.3. The molecule has 0 aromatic heterocycles. The number of carbonyl (C=O) groups is 1. The summed E-state index contributed by atoms with van der Waals surface area (Å²) in [7, 11) is -2.06. The molecule has 2 N–H and O–H groups in total. The first-order chi connectivity index (χ1) is 15.4. The number of likely N-dealkylation sites (tertiary alicyclic amines) is 1. The molecule has 1 unspecified atom stereocenters. The maximum Gasteiger partial charge on any atom is 0.251 e. The van der Waals surface area contributed by atoms with Gasteiger partial charge in [-0.3, -0.25) is 9.69 Å². The summed E-state index contributed by atoms with van der Waals surface area (Å²) in [6.45, 7) is 6.03. The molecule has 1 fully saturated rings. The van der Waals surface area contributed by atoms with Crippen molar-refractivity contribution < 1.29 is 17.9 Å². The van der Waals surface area contributed by atoms with Gasteiger partial charge in [-0.1, -0.05) is 30.7 Å². The zero-order valence-corrected chi connectivity index (χ0v) is 19.2. The van der Waals surface area contributed by atoms with Crippen molar-refractivity contribution >= 4 is 15.9 Å². The highest BCUT2D eigenvalue weighted by atomic mass is 32.2. The van der Waals surface area contributed by atoms with Crippen molar-refractivity contribution in [3.8, 4) is 5.75 Å². The van der Waals surface area contributed by atoms with E-state index in [-0.39, 0.29) is 23.4 Å². The lowest BCUT2D eigenvalue weighted by Gasteiger charge is -2.35. The number of nitrogens with one attached hydrogen (secondary N) is 2. The van der Waals surface area contributed by atoms with Crippen LogP contribution in [0.1, 0.15) is 41.2 Å². The van der Waals surface area contributed by atoms with Crippen molar-refractivity contribution in [2.45, 2.75) is 30.2 Å². The summed E-state index contributed by atoms with van der Waals surface area (Å²) in [4.78, 5) is 15.3. The Hall–Kier alpha value is -2.68. The van der Waals surface area contributed by atoms with Crippen LogP contribution < -0.4 is 14.8 Å². The number of carbonyl (C=O) groups excluding carboxylic acids is 1. The Bertz CT molecular complexity index is 1020. The molecule has 1 amide bonds. The summed E-state index contributed by atoms with van der Waals surface area (Å²) < 4.78 is 32.4. The summed E-state index contributed by atoms with van der Waals surface area (Å²) >= 11 is 0. The zero-order valence-electron chi connectivity index (χ0n) is 18.4. The van der Waals surface area contributed by atoms with Crippen molar-refractivity contribution in [2.75, 3.05) is 33.3 Å². The summed E-state index contributed by atoms with van der Waals surface area (Å²) in [5, 5.41) is 3.00. The molecule has 0 aliphatic carbocycles. The normalized spacial score (nSPS) is 15.7. The van der Waals surface area contributed by atoms with Gasteiger partial charge in [-0.05, 0) is 61.8 Å². The zero-order chi connectivity index (χ0) is 23.0. The number of sulfonamides is 1. The maximum atomic E-state index is 12.9. The van der Waals surface area contributed by atoms with Gasteiger partial charge in [0.15, 0.2) is 0 Å². The van der Waals surface area contributed by atoms with Crippen LogP contribution in [0.3, 0.4) is 0 Å². The molecule has 1 heterocycles. The first-order valence-electron chi connectivity index (χ1n) is 10.8. The van der Waals surface area contributed by atoms with Crippen molar-refractivity contribution in [2.24, 2.45) is 0 Å². The Morgan fingerprint density at radius 3 is 2.53 bits per heavy atom. The van der Waals surface area contributed by atoms with Gasteiger partial charge < -0.3 is 10.1 Å². The number of amides is 1. The monoisotopic (exact) mass is 457 g/mol. The lowest BCUT2D eigenvalue weighted by Crippen LogP contribution is -2.40. The van der Waals surface area contributed by atoms with E-state index in [0.717, 1.165) is 37.2 Å². The minimum atomic E-state index is -3.70. The topological polar surface area (TPSA) is 87.7 Å². The van der Waals surface area contributed by atoms with Gasteiger partial charge in [0, 0.05) is 18.7 Å². The molecule has 0 spiro atoms. The van der Waals surface area contributed by atoms with E-state index in [4.69, 9.17) is 4.74 Å². The van der Waals surface area contributed by atoms with Gasteiger partial charge in [-0.2, -0.15) is 0 Å². The standard InChI is InChI=1S/C24H31N3O4S/c1-3-14-26-32(29,30)22-9-7-8-20(17-22)24(28)25-18-23(27-15-5-4-6-16-27)19-10-12-21(31-2)13-11-19/h3,7-13,17,23,26H,1,4-6,14-16,18H2,2H3,(H,25,28). The second kappa shape index (κ2) is 11.3. The number of ether oxygens (including phenoxy) is 1. The third kappa shape index (κ3) is 6.18. The molecule has 0 saturated carbocycles. The molecule has 8 heteroatoms. The number of piperidine rings is 1. The number of nitrogens with zero attached hydrogens (tertiary/aromatic N) is 1. The van der Waals surface area contributed by atoms with Gasteiger partial charge in [0.1, 0.15) is 5.75 Å². The minimum Gasteiger partial charge on any atom is -0.497 e. The van der Waals surface area contributed by atoms with Crippen LogP contribution >= 0.6 is 0 Å². The molecule has 1 aliphatic rings. The van der Waals surface area contributed by atoms with E-state index in [1.54, 1.807) is 19.2 Å². The number of rotatable bonds is 10. The average Bonchev–Trinajstić information content (AvgIpc) is 2.84. The molecule has 1 atom stereocenters. The van der Waals surface area contributed by atoms with Gasteiger partial charge in [0.2, 0.25) is 10.0 Å². The van der Waals surface area contributed by atoms with Crippen LogP contribution in [0.5, 0.6) is 5.75 Å². The molecule has 0 radical (unpaired) electrons. The van der Waals surface area contributed by atoms with E-state index in [9.17, 15) is 13.2 Å². The van der Waals surface area contributed by atoms with E-state index in [0.29, 0.717) is 12.1 Å². The minimum absolute atomic E-state index is 0.0336. The number of benzene rings is 2. The fourth-order valence-corrected chi connectivity index (χ4v) is 4.91. The first kappa shape index (κ1) is 24.0. The maximum absolute atomic E-state index is 12.9. The largest absolute Gasteiger partial charge is 0.497 e. The SMILES string of the molecule is C=CCNS(=O)(=O)c1cccc(C(=O)NCC(c2ccc(OC)cc2)N2CCCCC2)c1. The van der Waals surface area contributed by atoms with Crippen LogP contribution in [-0.4, -0.2) is 52.5 Å². The predicted molar refractivity (Wildman–Crippen MR) is 125 cm³/mol. The van der Waals surface area contributed by atoms with E-state index in [1.807, 2.05) is 24.3 Å². The number of methoxy groups -OCH3 is 1. The molecular weight excluding hydrogens is 426 g/mol. The third-order valence-corrected chi connectivity index (χ3v) is 7.03. The van der Waals surface area contributed by atoms with Crippen molar-refractivity contribution in [3.63, 3.8) is 0 Å². The Labute approximate surface area is 190 Å². The van der Waals surface area contributed by atoms with Gasteiger partial charge in [0.05, 0.1) is 18.0 Å². The Morgan fingerprint density at radius 2 is 1.88 bits per heavy atom.